The number of likely N-dealkylation sites (tertiary alicyclic amines) is 1. The van der Waals surface area contributed by atoms with Crippen LogP contribution in [0.25, 0.3) is 0 Å². The van der Waals surface area contributed by atoms with E-state index in [9.17, 15) is 9.59 Å². The van der Waals surface area contributed by atoms with E-state index in [0.29, 0.717) is 16.5 Å². The molecule has 2 rings (SSSR count). The van der Waals surface area contributed by atoms with Crippen molar-refractivity contribution < 1.29 is 14.3 Å². The Kier molecular flexibility index (Phi) is 5.44. The zero-order chi connectivity index (χ0) is 15.2. The topological polar surface area (TPSA) is 58.6 Å². The molecule has 6 heteroatoms. The van der Waals surface area contributed by atoms with E-state index in [4.69, 9.17) is 16.3 Å². The second-order valence-electron chi connectivity index (χ2n) is 5.02. The molecule has 2 amide bonds. The number of hydrogen-bond donors (Lipinski definition) is 1. The Labute approximate surface area is 129 Å². The van der Waals surface area contributed by atoms with Crippen molar-refractivity contribution in [3.63, 3.8) is 0 Å². The highest BCUT2D eigenvalue weighted by Crippen LogP contribution is 2.27. The molecular weight excluding hydrogens is 292 g/mol. The van der Waals surface area contributed by atoms with Gasteiger partial charge in [0.05, 0.1) is 12.1 Å². The second kappa shape index (κ2) is 7.31. The maximum Gasteiger partial charge on any atom is 0.233 e. The highest BCUT2D eigenvalue weighted by atomic mass is 35.5. The number of carbonyl (C=O) groups excluding carboxylic acids is 2. The summed E-state index contributed by atoms with van der Waals surface area (Å²) in [5.74, 6) is 0.0951. The van der Waals surface area contributed by atoms with Crippen LogP contribution in [0, 0.1) is 0 Å². The predicted octanol–water partition coefficient (Wildman–Crippen LogP) is 2.69. The summed E-state index contributed by atoms with van der Waals surface area (Å²) in [7, 11) is 1.52. The van der Waals surface area contributed by atoms with E-state index in [0.717, 1.165) is 32.4 Å². The molecule has 0 aliphatic carbocycles. The van der Waals surface area contributed by atoms with Gasteiger partial charge < -0.3 is 15.0 Å². The lowest BCUT2D eigenvalue weighted by molar-refractivity contribution is -0.135. The average molecular weight is 311 g/mol. The summed E-state index contributed by atoms with van der Waals surface area (Å²) in [6.07, 6.45) is 3.05. The fraction of sp³-hybridized carbons (Fsp3) is 0.467. The summed E-state index contributed by atoms with van der Waals surface area (Å²) in [4.78, 5) is 25.6. The van der Waals surface area contributed by atoms with Crippen molar-refractivity contribution in [2.75, 3.05) is 25.5 Å². The molecule has 0 spiro atoms. The molecule has 1 saturated heterocycles. The molecule has 0 atom stereocenters. The Morgan fingerprint density at radius 2 is 2.00 bits per heavy atom. The molecule has 5 nitrogen and oxygen atoms in total. The fourth-order valence-corrected chi connectivity index (χ4v) is 2.60. The quantitative estimate of drug-likeness (QED) is 0.870. The molecule has 114 valence electrons. The molecule has 1 aromatic rings. The highest BCUT2D eigenvalue weighted by molar-refractivity contribution is 6.32. The third kappa shape index (κ3) is 4.36. The van der Waals surface area contributed by atoms with E-state index < -0.39 is 0 Å². The molecular formula is C15H19ClN2O3. The summed E-state index contributed by atoms with van der Waals surface area (Å²) in [6, 6.07) is 4.96. The lowest BCUT2D eigenvalue weighted by atomic mass is 10.1. The SMILES string of the molecule is COc1ccc(NC(=O)CC(=O)N2CCCCC2)cc1Cl. The molecule has 0 aromatic heterocycles. The van der Waals surface area contributed by atoms with Gasteiger partial charge in [0.2, 0.25) is 11.8 Å². The largest absolute Gasteiger partial charge is 0.495 e. The number of benzene rings is 1. The first-order valence-corrected chi connectivity index (χ1v) is 7.39. The van der Waals surface area contributed by atoms with Gasteiger partial charge in [-0.3, -0.25) is 9.59 Å². The Morgan fingerprint density at radius 3 is 2.62 bits per heavy atom. The number of amides is 2. The number of methoxy groups -OCH3 is 1. The number of anilines is 1. The van der Waals surface area contributed by atoms with Crippen molar-refractivity contribution in [3.05, 3.63) is 23.2 Å². The van der Waals surface area contributed by atoms with E-state index in [-0.39, 0.29) is 18.2 Å². The van der Waals surface area contributed by atoms with Crippen LogP contribution in [0.5, 0.6) is 5.75 Å². The van der Waals surface area contributed by atoms with Crippen molar-refractivity contribution in [1.82, 2.24) is 4.90 Å². The Hall–Kier alpha value is -1.75. The summed E-state index contributed by atoms with van der Waals surface area (Å²) >= 11 is 5.99. The predicted molar refractivity (Wildman–Crippen MR) is 81.7 cm³/mol. The Balaban J connectivity index is 1.89. The number of halogens is 1. The minimum absolute atomic E-state index is 0.119. The summed E-state index contributed by atoms with van der Waals surface area (Å²) in [6.45, 7) is 1.50. The minimum atomic E-state index is -0.327. The summed E-state index contributed by atoms with van der Waals surface area (Å²) in [5.41, 5.74) is 0.553. The first-order valence-electron chi connectivity index (χ1n) is 7.01. The van der Waals surface area contributed by atoms with Crippen LogP contribution < -0.4 is 10.1 Å². The van der Waals surface area contributed by atoms with Gasteiger partial charge in [-0.15, -0.1) is 0 Å². The average Bonchev–Trinajstić information content (AvgIpc) is 2.48. The number of carbonyl (C=O) groups is 2. The van der Waals surface area contributed by atoms with Gasteiger partial charge in [-0.25, -0.2) is 0 Å². The molecule has 1 fully saturated rings. The van der Waals surface area contributed by atoms with Gasteiger partial charge in [0.25, 0.3) is 0 Å². The first-order chi connectivity index (χ1) is 10.1. The summed E-state index contributed by atoms with van der Waals surface area (Å²) < 4.78 is 5.04. The van der Waals surface area contributed by atoms with Crippen molar-refractivity contribution in [3.8, 4) is 5.75 Å². The molecule has 1 aromatic carbocycles. The molecule has 1 N–H and O–H groups in total. The van der Waals surface area contributed by atoms with Crippen LogP contribution >= 0.6 is 11.6 Å². The molecule has 0 bridgehead atoms. The smallest absolute Gasteiger partial charge is 0.233 e. The first kappa shape index (κ1) is 15.6. The van der Waals surface area contributed by atoms with Gasteiger partial charge in [-0.2, -0.15) is 0 Å². The van der Waals surface area contributed by atoms with Crippen molar-refractivity contribution in [1.29, 1.82) is 0 Å². The van der Waals surface area contributed by atoms with E-state index in [1.165, 1.54) is 7.11 Å². The van der Waals surface area contributed by atoms with Crippen LogP contribution in [-0.2, 0) is 9.59 Å². The van der Waals surface area contributed by atoms with E-state index in [1.54, 1.807) is 23.1 Å². The van der Waals surface area contributed by atoms with Gasteiger partial charge in [-0.05, 0) is 37.5 Å². The molecule has 0 unspecified atom stereocenters. The van der Waals surface area contributed by atoms with Crippen LogP contribution in [0.1, 0.15) is 25.7 Å². The number of hydrogen-bond acceptors (Lipinski definition) is 3. The second-order valence-corrected chi connectivity index (χ2v) is 5.42. The van der Waals surface area contributed by atoms with Crippen LogP contribution in [0.4, 0.5) is 5.69 Å². The van der Waals surface area contributed by atoms with Crippen LogP contribution in [0.3, 0.4) is 0 Å². The number of nitrogens with one attached hydrogen (secondary N) is 1. The normalized spacial score (nSPS) is 14.7. The fourth-order valence-electron chi connectivity index (χ4n) is 2.34. The Morgan fingerprint density at radius 1 is 1.29 bits per heavy atom. The van der Waals surface area contributed by atoms with Crippen molar-refractivity contribution in [2.45, 2.75) is 25.7 Å². The number of nitrogens with zero attached hydrogens (tertiary/aromatic N) is 1. The van der Waals surface area contributed by atoms with Crippen molar-refractivity contribution in [2.24, 2.45) is 0 Å². The molecule has 1 aliphatic heterocycles. The standard InChI is InChI=1S/C15H19ClN2O3/c1-21-13-6-5-11(9-12(13)16)17-14(19)10-15(20)18-7-3-2-4-8-18/h5-6,9H,2-4,7-8,10H2,1H3,(H,17,19). The van der Waals surface area contributed by atoms with Crippen LogP contribution in [0.2, 0.25) is 5.02 Å². The Bertz CT molecular complexity index is 528. The zero-order valence-corrected chi connectivity index (χ0v) is 12.8. The lowest BCUT2D eigenvalue weighted by Gasteiger charge is -2.26. The van der Waals surface area contributed by atoms with Gasteiger partial charge in [0.15, 0.2) is 0 Å². The third-order valence-electron chi connectivity index (χ3n) is 3.46. The van der Waals surface area contributed by atoms with Gasteiger partial charge in [0.1, 0.15) is 12.2 Å². The molecule has 21 heavy (non-hydrogen) atoms. The van der Waals surface area contributed by atoms with Crippen LogP contribution in [0.15, 0.2) is 18.2 Å². The lowest BCUT2D eigenvalue weighted by Crippen LogP contribution is -2.37. The maximum atomic E-state index is 12.0. The van der Waals surface area contributed by atoms with Crippen LogP contribution in [-0.4, -0.2) is 36.9 Å². The van der Waals surface area contributed by atoms with E-state index in [1.807, 2.05) is 0 Å². The van der Waals surface area contributed by atoms with Crippen molar-refractivity contribution >= 4 is 29.1 Å². The van der Waals surface area contributed by atoms with E-state index >= 15 is 0 Å². The monoisotopic (exact) mass is 310 g/mol. The van der Waals surface area contributed by atoms with Gasteiger partial charge >= 0.3 is 0 Å². The van der Waals surface area contributed by atoms with Gasteiger partial charge in [-0.1, -0.05) is 11.6 Å². The number of rotatable bonds is 4. The number of ether oxygens (including phenoxy) is 1. The molecule has 0 radical (unpaired) electrons. The zero-order valence-electron chi connectivity index (χ0n) is 12.0. The maximum absolute atomic E-state index is 12.0. The molecule has 0 saturated carbocycles. The highest BCUT2D eigenvalue weighted by Gasteiger charge is 2.19. The number of piperidine rings is 1. The molecule has 1 heterocycles. The minimum Gasteiger partial charge on any atom is -0.495 e. The summed E-state index contributed by atoms with van der Waals surface area (Å²) in [5, 5.41) is 3.09. The van der Waals surface area contributed by atoms with E-state index in [2.05, 4.69) is 5.32 Å². The molecule has 1 aliphatic rings. The van der Waals surface area contributed by atoms with Gasteiger partial charge in [0, 0.05) is 18.8 Å². The third-order valence-corrected chi connectivity index (χ3v) is 3.75.